The van der Waals surface area contributed by atoms with Crippen LogP contribution in [0.4, 0.5) is 0 Å². The number of nitrogens with one attached hydrogen (secondary N) is 2. The molecule has 1 aromatic carbocycles. The molecule has 0 bridgehead atoms. The van der Waals surface area contributed by atoms with Crippen molar-refractivity contribution in [1.82, 2.24) is 25.4 Å². The molecule has 0 atom stereocenters. The summed E-state index contributed by atoms with van der Waals surface area (Å²) in [6, 6.07) is 7.73. The Morgan fingerprint density at radius 2 is 2.12 bits per heavy atom. The van der Waals surface area contributed by atoms with Crippen LogP contribution in [0, 0.1) is 6.92 Å². The average Bonchev–Trinajstić information content (AvgIpc) is 2.77. The molecule has 17 heavy (non-hydrogen) atoms. The zero-order chi connectivity index (χ0) is 11.8. The maximum atomic E-state index is 11.7. The summed E-state index contributed by atoms with van der Waals surface area (Å²) in [6.45, 7) is 1.98. The van der Waals surface area contributed by atoms with Crippen LogP contribution < -0.4 is 5.56 Å². The first-order valence-corrected chi connectivity index (χ1v) is 5.12. The van der Waals surface area contributed by atoms with Gasteiger partial charge in [-0.2, -0.15) is 5.21 Å². The molecule has 6 heteroatoms. The van der Waals surface area contributed by atoms with Crippen molar-refractivity contribution >= 4 is 11.2 Å². The van der Waals surface area contributed by atoms with E-state index < -0.39 is 0 Å². The zero-order valence-corrected chi connectivity index (χ0v) is 9.06. The summed E-state index contributed by atoms with van der Waals surface area (Å²) >= 11 is 0. The van der Waals surface area contributed by atoms with Crippen LogP contribution in [0.15, 0.2) is 29.1 Å². The molecule has 3 rings (SSSR count). The molecule has 0 fully saturated rings. The highest BCUT2D eigenvalue weighted by Crippen LogP contribution is 2.15. The lowest BCUT2D eigenvalue weighted by molar-refractivity contribution is 0.954. The third kappa shape index (κ3) is 1.59. The summed E-state index contributed by atoms with van der Waals surface area (Å²) in [5.41, 5.74) is 2.21. The monoisotopic (exact) mass is 227 g/mol. The fraction of sp³-hybridized carbons (Fsp3) is 0.0909. The molecule has 0 unspecified atom stereocenters. The van der Waals surface area contributed by atoms with E-state index in [1.54, 1.807) is 0 Å². The average molecular weight is 227 g/mol. The standard InChI is InChI=1S/C11H9N5O/c1-6-3-2-4-7(5-6)9-12-10-8(11(17)13-9)14-16-15-10/h2-5H,1H3,(H2,12,13,14,15,16,17). The summed E-state index contributed by atoms with van der Waals surface area (Å²) in [4.78, 5) is 18.6. The zero-order valence-electron chi connectivity index (χ0n) is 9.06. The number of hydrogen-bond acceptors (Lipinski definition) is 4. The van der Waals surface area contributed by atoms with Crippen molar-refractivity contribution in [3.63, 3.8) is 0 Å². The molecular weight excluding hydrogens is 218 g/mol. The normalized spacial score (nSPS) is 10.9. The van der Waals surface area contributed by atoms with Crippen LogP contribution in [0.5, 0.6) is 0 Å². The third-order valence-electron chi connectivity index (χ3n) is 2.49. The highest BCUT2D eigenvalue weighted by atomic mass is 16.1. The second kappa shape index (κ2) is 3.51. The van der Waals surface area contributed by atoms with Crippen molar-refractivity contribution in [3.8, 4) is 11.4 Å². The maximum Gasteiger partial charge on any atom is 0.281 e. The number of rotatable bonds is 1. The predicted molar refractivity (Wildman–Crippen MR) is 62.5 cm³/mol. The van der Waals surface area contributed by atoms with Crippen molar-refractivity contribution in [3.05, 3.63) is 40.2 Å². The maximum absolute atomic E-state index is 11.7. The summed E-state index contributed by atoms with van der Waals surface area (Å²) in [6.07, 6.45) is 0. The molecule has 6 nitrogen and oxygen atoms in total. The van der Waals surface area contributed by atoms with Gasteiger partial charge in [0.1, 0.15) is 5.82 Å². The van der Waals surface area contributed by atoms with Crippen LogP contribution in [-0.2, 0) is 0 Å². The van der Waals surface area contributed by atoms with E-state index >= 15 is 0 Å². The minimum absolute atomic E-state index is 0.224. The van der Waals surface area contributed by atoms with Gasteiger partial charge in [0.2, 0.25) is 5.65 Å². The fourth-order valence-corrected chi connectivity index (χ4v) is 1.69. The molecule has 0 amide bonds. The molecule has 0 aliphatic heterocycles. The Morgan fingerprint density at radius 1 is 1.24 bits per heavy atom. The number of fused-ring (bicyclic) bond motifs is 1. The van der Waals surface area contributed by atoms with E-state index in [1.165, 1.54) is 0 Å². The van der Waals surface area contributed by atoms with E-state index in [0.29, 0.717) is 11.5 Å². The molecule has 2 heterocycles. The van der Waals surface area contributed by atoms with Crippen molar-refractivity contribution in [1.29, 1.82) is 0 Å². The molecule has 2 aromatic heterocycles. The van der Waals surface area contributed by atoms with Crippen LogP contribution in [0.1, 0.15) is 5.56 Å². The Hall–Kier alpha value is -2.50. The van der Waals surface area contributed by atoms with Gasteiger partial charge in [-0.1, -0.05) is 23.8 Å². The quantitative estimate of drug-likeness (QED) is 0.649. The number of hydrogen-bond donors (Lipinski definition) is 2. The van der Waals surface area contributed by atoms with Gasteiger partial charge < -0.3 is 4.98 Å². The number of aromatic amines is 2. The van der Waals surface area contributed by atoms with Crippen LogP contribution in [0.3, 0.4) is 0 Å². The van der Waals surface area contributed by atoms with Crippen molar-refractivity contribution in [2.45, 2.75) is 6.92 Å². The van der Waals surface area contributed by atoms with Gasteiger partial charge in [0.05, 0.1) is 0 Å². The van der Waals surface area contributed by atoms with E-state index in [9.17, 15) is 4.79 Å². The molecule has 0 aliphatic rings. The summed E-state index contributed by atoms with van der Waals surface area (Å²) < 4.78 is 0. The van der Waals surface area contributed by atoms with Crippen molar-refractivity contribution in [2.75, 3.05) is 0 Å². The Bertz CT molecular complexity index is 743. The number of benzene rings is 1. The topological polar surface area (TPSA) is 87.3 Å². The molecular formula is C11H9N5O. The summed E-state index contributed by atoms with van der Waals surface area (Å²) in [5, 5.41) is 9.94. The number of aryl methyl sites for hydroxylation is 1. The lowest BCUT2D eigenvalue weighted by atomic mass is 10.1. The first kappa shape index (κ1) is 9.71. The van der Waals surface area contributed by atoms with E-state index in [4.69, 9.17) is 0 Å². The lowest BCUT2D eigenvalue weighted by Crippen LogP contribution is -2.09. The molecule has 3 aromatic rings. The second-order valence-corrected chi connectivity index (χ2v) is 3.78. The van der Waals surface area contributed by atoms with E-state index in [1.807, 2.05) is 31.2 Å². The van der Waals surface area contributed by atoms with E-state index in [2.05, 4.69) is 25.4 Å². The smallest absolute Gasteiger partial charge is 0.281 e. The summed E-state index contributed by atoms with van der Waals surface area (Å²) in [5.74, 6) is 0.500. The van der Waals surface area contributed by atoms with Gasteiger partial charge in [-0.25, -0.2) is 4.98 Å². The number of nitrogens with zero attached hydrogens (tertiary/aromatic N) is 3. The van der Waals surface area contributed by atoms with Gasteiger partial charge in [0.25, 0.3) is 5.56 Å². The lowest BCUT2D eigenvalue weighted by Gasteiger charge is -2.00. The highest BCUT2D eigenvalue weighted by molar-refractivity contribution is 5.70. The van der Waals surface area contributed by atoms with Crippen molar-refractivity contribution in [2.24, 2.45) is 0 Å². The van der Waals surface area contributed by atoms with Crippen LogP contribution in [0.25, 0.3) is 22.6 Å². The molecule has 0 aliphatic carbocycles. The summed E-state index contributed by atoms with van der Waals surface area (Å²) in [7, 11) is 0. The van der Waals surface area contributed by atoms with Crippen LogP contribution in [0.2, 0.25) is 0 Å². The van der Waals surface area contributed by atoms with E-state index in [0.717, 1.165) is 11.1 Å². The van der Waals surface area contributed by atoms with Crippen molar-refractivity contribution < 1.29 is 0 Å². The number of aromatic nitrogens is 5. The molecule has 0 saturated heterocycles. The first-order valence-electron chi connectivity index (χ1n) is 5.12. The largest absolute Gasteiger partial charge is 0.304 e. The second-order valence-electron chi connectivity index (χ2n) is 3.78. The Balaban J connectivity index is 2.27. The van der Waals surface area contributed by atoms with Crippen LogP contribution >= 0.6 is 0 Å². The molecule has 84 valence electrons. The Kier molecular flexibility index (Phi) is 2.01. The van der Waals surface area contributed by atoms with Gasteiger partial charge in [-0.15, -0.1) is 10.2 Å². The first-order chi connectivity index (χ1) is 8.24. The molecule has 0 radical (unpaired) electrons. The highest BCUT2D eigenvalue weighted by Gasteiger charge is 2.08. The van der Waals surface area contributed by atoms with Gasteiger partial charge >= 0.3 is 0 Å². The van der Waals surface area contributed by atoms with Gasteiger partial charge in [-0.05, 0) is 13.0 Å². The third-order valence-corrected chi connectivity index (χ3v) is 2.49. The SMILES string of the molecule is Cc1cccc(-c2nc3n[nH]nc3c(=O)[nH]2)c1. The fourth-order valence-electron chi connectivity index (χ4n) is 1.69. The number of H-pyrrole nitrogens is 2. The van der Waals surface area contributed by atoms with Gasteiger partial charge in [-0.3, -0.25) is 4.79 Å². The minimum Gasteiger partial charge on any atom is -0.304 e. The predicted octanol–water partition coefficient (Wildman–Crippen LogP) is 1.02. The Labute approximate surface area is 95.7 Å². The molecule has 0 saturated carbocycles. The van der Waals surface area contributed by atoms with Crippen LogP contribution in [-0.4, -0.2) is 25.4 Å². The molecule has 0 spiro atoms. The van der Waals surface area contributed by atoms with Gasteiger partial charge in [0, 0.05) is 5.56 Å². The molecule has 2 N–H and O–H groups in total. The van der Waals surface area contributed by atoms with E-state index in [-0.39, 0.29) is 11.1 Å². The van der Waals surface area contributed by atoms with Gasteiger partial charge in [0.15, 0.2) is 5.52 Å². The minimum atomic E-state index is -0.291. The Morgan fingerprint density at radius 3 is 2.94 bits per heavy atom.